The van der Waals surface area contributed by atoms with Crippen LogP contribution >= 0.6 is 46.9 Å². The molecule has 0 amide bonds. The third kappa shape index (κ3) is 6.22. The largest absolute Gasteiger partial charge is 0.399 e. The van der Waals surface area contributed by atoms with E-state index in [1.54, 1.807) is 23.9 Å². The number of aryl methyl sites for hydroxylation is 1. The molecule has 0 aliphatic heterocycles. The summed E-state index contributed by atoms with van der Waals surface area (Å²) in [5.41, 5.74) is -3.38. The highest BCUT2D eigenvalue weighted by molar-refractivity contribution is 9.10. The Morgan fingerprint density at radius 3 is 2.31 bits per heavy atom. The Bertz CT molecular complexity index is 1120. The van der Waals surface area contributed by atoms with E-state index in [1.165, 1.54) is 17.0 Å². The normalized spacial score (nSPS) is 12.2. The lowest BCUT2D eigenvalue weighted by molar-refractivity contribution is 0.0570. The van der Waals surface area contributed by atoms with Gasteiger partial charge in [-0.05, 0) is 72.0 Å². The lowest BCUT2D eigenvalue weighted by Gasteiger charge is -2.21. The van der Waals surface area contributed by atoms with Crippen LogP contribution in [0.3, 0.4) is 0 Å². The van der Waals surface area contributed by atoms with E-state index in [9.17, 15) is 13.3 Å². The third-order valence-electron chi connectivity index (χ3n) is 4.88. The predicted molar refractivity (Wildman–Crippen MR) is 131 cm³/mol. The molecule has 0 aliphatic rings. The summed E-state index contributed by atoms with van der Waals surface area (Å²) in [6.07, 6.45) is 2.82. The van der Waals surface area contributed by atoms with Crippen molar-refractivity contribution in [3.63, 3.8) is 0 Å². The summed E-state index contributed by atoms with van der Waals surface area (Å²) < 4.78 is 40.8. The van der Waals surface area contributed by atoms with Crippen molar-refractivity contribution in [2.45, 2.75) is 29.8 Å². The first-order chi connectivity index (χ1) is 15.1. The molecule has 0 aromatic heterocycles. The minimum atomic E-state index is -5.67. The maximum absolute atomic E-state index is 14.4. The molecule has 3 aromatic rings. The topological polar surface area (TPSA) is 57.5 Å². The van der Waals surface area contributed by atoms with E-state index in [1.807, 2.05) is 36.4 Å². The Labute approximate surface area is 203 Å². The van der Waals surface area contributed by atoms with Crippen LogP contribution in [0.4, 0.5) is 8.78 Å². The van der Waals surface area contributed by atoms with Crippen molar-refractivity contribution in [2.75, 3.05) is 5.75 Å². The number of thioether (sulfide) groups is 1. The molecule has 3 nitrogen and oxygen atoms in total. The van der Waals surface area contributed by atoms with Gasteiger partial charge in [0, 0.05) is 20.0 Å². The van der Waals surface area contributed by atoms with Gasteiger partial charge in [0.05, 0.1) is 0 Å². The van der Waals surface area contributed by atoms with Crippen LogP contribution in [0, 0.1) is 0 Å². The van der Waals surface area contributed by atoms with E-state index in [0.29, 0.717) is 10.0 Å². The first-order valence-electron chi connectivity index (χ1n) is 9.80. The number of halogens is 4. The van der Waals surface area contributed by atoms with Gasteiger partial charge in [-0.15, -0.1) is 11.8 Å². The third-order valence-corrected chi connectivity index (χ3v) is 7.86. The van der Waals surface area contributed by atoms with Crippen molar-refractivity contribution in [3.05, 3.63) is 87.4 Å². The van der Waals surface area contributed by atoms with E-state index in [4.69, 9.17) is 21.4 Å². The number of benzene rings is 3. The average molecular weight is 562 g/mol. The van der Waals surface area contributed by atoms with Gasteiger partial charge in [0.2, 0.25) is 0 Å². The van der Waals surface area contributed by atoms with Gasteiger partial charge in [-0.1, -0.05) is 63.9 Å². The fourth-order valence-electron chi connectivity index (χ4n) is 3.22. The molecule has 0 atom stereocenters. The van der Waals surface area contributed by atoms with E-state index < -0.39 is 18.8 Å². The lowest BCUT2D eigenvalue weighted by Crippen LogP contribution is -2.15. The number of hydrogen-bond donors (Lipinski definition) is 2. The Hall–Kier alpha value is -1.21. The second-order valence-corrected chi connectivity index (χ2v) is 11.3. The van der Waals surface area contributed by atoms with Gasteiger partial charge < -0.3 is 9.79 Å². The molecule has 0 radical (unpaired) electrons. The molecule has 0 heterocycles. The van der Waals surface area contributed by atoms with Crippen molar-refractivity contribution in [1.82, 2.24) is 0 Å². The lowest BCUT2D eigenvalue weighted by atomic mass is 9.97. The van der Waals surface area contributed by atoms with Crippen LogP contribution in [0.25, 0.3) is 11.1 Å². The number of unbranched alkanes of at least 4 members (excludes halogenated alkanes) is 1. The Kier molecular flexibility index (Phi) is 8.59. The quantitative estimate of drug-likeness (QED) is 0.157. The molecule has 0 fully saturated rings. The van der Waals surface area contributed by atoms with Crippen LogP contribution in [0.2, 0.25) is 5.02 Å². The first kappa shape index (κ1) is 25.4. The first-order valence-corrected chi connectivity index (χ1v) is 13.6. The highest BCUT2D eigenvalue weighted by atomic mass is 79.9. The van der Waals surface area contributed by atoms with Crippen LogP contribution in [-0.4, -0.2) is 15.5 Å². The van der Waals surface area contributed by atoms with E-state index in [-0.39, 0.29) is 5.56 Å². The van der Waals surface area contributed by atoms with E-state index in [0.717, 1.165) is 41.7 Å². The van der Waals surface area contributed by atoms with Crippen molar-refractivity contribution >= 4 is 46.9 Å². The maximum atomic E-state index is 14.4. The van der Waals surface area contributed by atoms with Crippen LogP contribution in [-0.2, 0) is 16.6 Å². The summed E-state index contributed by atoms with van der Waals surface area (Å²) >= 11 is 11.1. The fourth-order valence-corrected chi connectivity index (χ4v) is 5.41. The predicted octanol–water partition coefficient (Wildman–Crippen LogP) is 8.11. The molecule has 0 spiro atoms. The van der Waals surface area contributed by atoms with Gasteiger partial charge in [0.15, 0.2) is 0 Å². The average Bonchev–Trinajstić information content (AvgIpc) is 2.74. The Balaban J connectivity index is 1.66. The molecule has 170 valence electrons. The van der Waals surface area contributed by atoms with Gasteiger partial charge in [-0.2, -0.15) is 8.78 Å². The van der Waals surface area contributed by atoms with Crippen molar-refractivity contribution < 1.29 is 23.1 Å². The molecule has 3 aromatic carbocycles. The molecular weight excluding hydrogens is 541 g/mol. The molecular formula is C23H21BrClF2O3PS. The molecule has 0 aliphatic carbocycles. The summed E-state index contributed by atoms with van der Waals surface area (Å²) in [4.78, 5) is 19.5. The molecule has 0 bridgehead atoms. The number of hydrogen-bond acceptors (Lipinski definition) is 2. The number of rotatable bonds is 9. The molecule has 3 rings (SSSR count). The Morgan fingerprint density at radius 2 is 1.66 bits per heavy atom. The van der Waals surface area contributed by atoms with Crippen LogP contribution in [0.5, 0.6) is 0 Å². The van der Waals surface area contributed by atoms with Crippen LogP contribution in [0.1, 0.15) is 24.0 Å². The van der Waals surface area contributed by atoms with Gasteiger partial charge in [-0.25, -0.2) is 0 Å². The van der Waals surface area contributed by atoms with Crippen molar-refractivity contribution in [2.24, 2.45) is 0 Å². The SMILES string of the molecule is O=P(O)(O)C(F)(F)c1ccccc1-c1ccc(CCCCSc2ccc(Cl)cc2)cc1Br. The second-order valence-electron chi connectivity index (χ2n) is 7.20. The molecule has 0 unspecified atom stereocenters. The zero-order valence-corrected chi connectivity index (χ0v) is 20.9. The minimum absolute atomic E-state index is 0.0821. The van der Waals surface area contributed by atoms with Gasteiger partial charge >= 0.3 is 13.3 Å². The smallest absolute Gasteiger partial charge is 0.320 e. The summed E-state index contributed by atoms with van der Waals surface area (Å²) in [6.45, 7) is 0. The Morgan fingerprint density at radius 1 is 0.969 bits per heavy atom. The summed E-state index contributed by atoms with van der Waals surface area (Å²) in [7, 11) is -5.67. The molecule has 32 heavy (non-hydrogen) atoms. The minimum Gasteiger partial charge on any atom is -0.320 e. The second kappa shape index (κ2) is 10.8. The summed E-state index contributed by atoms with van der Waals surface area (Å²) in [6, 6.07) is 18.6. The van der Waals surface area contributed by atoms with Gasteiger partial charge in [0.25, 0.3) is 0 Å². The molecule has 9 heteroatoms. The summed E-state index contributed by atoms with van der Waals surface area (Å²) in [5.74, 6) is 0.978. The fraction of sp³-hybridized carbons (Fsp3) is 0.217. The van der Waals surface area contributed by atoms with Crippen molar-refractivity contribution in [1.29, 1.82) is 0 Å². The molecule has 0 saturated heterocycles. The standard InChI is InChI=1S/C23H21BrClF2O3PS/c24-22-15-16(5-3-4-14-32-18-11-9-17(25)10-12-18)8-13-20(22)19-6-1-2-7-21(19)23(26,27)31(28,29)30/h1-2,6-13,15H,3-5,14H2,(H2,28,29,30). The number of alkyl halides is 2. The molecule has 2 N–H and O–H groups in total. The van der Waals surface area contributed by atoms with Gasteiger partial charge in [0.1, 0.15) is 0 Å². The summed E-state index contributed by atoms with van der Waals surface area (Å²) in [5, 5.41) is 0.719. The zero-order chi connectivity index (χ0) is 23.4. The van der Waals surface area contributed by atoms with E-state index >= 15 is 0 Å². The van der Waals surface area contributed by atoms with Crippen molar-refractivity contribution in [3.8, 4) is 11.1 Å². The highest BCUT2D eigenvalue weighted by Gasteiger charge is 2.51. The maximum Gasteiger partial charge on any atom is 0.399 e. The van der Waals surface area contributed by atoms with E-state index in [2.05, 4.69) is 15.9 Å². The van der Waals surface area contributed by atoms with Crippen LogP contribution in [0.15, 0.2) is 76.1 Å². The highest BCUT2D eigenvalue weighted by Crippen LogP contribution is 2.60. The monoisotopic (exact) mass is 560 g/mol. The van der Waals surface area contributed by atoms with Gasteiger partial charge in [-0.3, -0.25) is 4.57 Å². The molecule has 0 saturated carbocycles. The van der Waals surface area contributed by atoms with Crippen LogP contribution < -0.4 is 0 Å². The zero-order valence-electron chi connectivity index (χ0n) is 16.8.